The Labute approximate surface area is 157 Å². The van der Waals surface area contributed by atoms with Gasteiger partial charge in [-0.05, 0) is 53.3 Å². The molecule has 0 aliphatic rings. The first-order valence-corrected chi connectivity index (χ1v) is 8.35. The van der Waals surface area contributed by atoms with Gasteiger partial charge in [0.1, 0.15) is 11.6 Å². The van der Waals surface area contributed by atoms with E-state index >= 15 is 0 Å². The molecule has 1 aromatic carbocycles. The van der Waals surface area contributed by atoms with Crippen molar-refractivity contribution in [3.8, 4) is 0 Å². The molecular weight excluding hydrogens is 415 g/mol. The molecule has 6 nitrogen and oxygen atoms in total. The Balaban J connectivity index is 1.81. The number of hydrogen-bond acceptors (Lipinski definition) is 4. The van der Waals surface area contributed by atoms with E-state index in [4.69, 9.17) is 11.6 Å². The molecule has 0 unspecified atom stereocenters. The van der Waals surface area contributed by atoms with Crippen molar-refractivity contribution >= 4 is 50.9 Å². The molecule has 0 fully saturated rings. The minimum Gasteiger partial charge on any atom is -0.325 e. The first-order chi connectivity index (χ1) is 11.8. The van der Waals surface area contributed by atoms with E-state index in [-0.39, 0.29) is 29.9 Å². The van der Waals surface area contributed by atoms with Gasteiger partial charge in [-0.1, -0.05) is 11.6 Å². The topological polar surface area (TPSA) is 74.3 Å². The fourth-order valence-electron chi connectivity index (χ4n) is 1.95. The summed E-state index contributed by atoms with van der Waals surface area (Å²) in [5.41, 5.74) is 0.383. The Kier molecular flexibility index (Phi) is 6.86. The highest BCUT2D eigenvalue weighted by molar-refractivity contribution is 9.10. The average molecular weight is 430 g/mol. The number of likely N-dealkylation sites (N-methyl/N-ethyl adjacent to an activating group) is 1. The van der Waals surface area contributed by atoms with Gasteiger partial charge >= 0.3 is 0 Å². The number of halogens is 3. The Morgan fingerprint density at radius 1 is 1.20 bits per heavy atom. The van der Waals surface area contributed by atoms with Crippen LogP contribution in [0.2, 0.25) is 5.02 Å². The van der Waals surface area contributed by atoms with Crippen molar-refractivity contribution < 1.29 is 14.0 Å². The standard InChI is InChI=1S/C16H15BrClFN4O2/c1-23(9-16(25)22-14-5-2-10(17)7-20-14)8-15(24)21-11-3-4-13(19)12(18)6-11/h2-7H,8-9H2,1H3,(H,21,24)(H,20,22,25). The van der Waals surface area contributed by atoms with Crippen molar-refractivity contribution in [2.45, 2.75) is 0 Å². The van der Waals surface area contributed by atoms with E-state index in [1.807, 2.05) is 0 Å². The molecule has 0 bridgehead atoms. The second-order valence-corrected chi connectivity index (χ2v) is 6.58. The van der Waals surface area contributed by atoms with Crippen LogP contribution in [0.5, 0.6) is 0 Å². The summed E-state index contributed by atoms with van der Waals surface area (Å²) < 4.78 is 13.9. The molecule has 2 aromatic rings. The number of nitrogens with zero attached hydrogens (tertiary/aromatic N) is 2. The molecule has 1 heterocycles. The summed E-state index contributed by atoms with van der Waals surface area (Å²) in [7, 11) is 1.63. The van der Waals surface area contributed by atoms with Crippen molar-refractivity contribution in [1.82, 2.24) is 9.88 Å². The van der Waals surface area contributed by atoms with Crippen LogP contribution in [0.3, 0.4) is 0 Å². The molecule has 9 heteroatoms. The van der Waals surface area contributed by atoms with Crippen LogP contribution in [0.25, 0.3) is 0 Å². The SMILES string of the molecule is CN(CC(=O)Nc1ccc(F)c(Cl)c1)CC(=O)Nc1ccc(Br)cn1. The van der Waals surface area contributed by atoms with E-state index in [0.29, 0.717) is 11.5 Å². The lowest BCUT2D eigenvalue weighted by Gasteiger charge is -2.16. The summed E-state index contributed by atoms with van der Waals surface area (Å²) in [6.07, 6.45) is 1.57. The van der Waals surface area contributed by atoms with Crippen LogP contribution in [0.15, 0.2) is 41.0 Å². The number of nitrogens with one attached hydrogen (secondary N) is 2. The van der Waals surface area contributed by atoms with Crippen molar-refractivity contribution in [3.63, 3.8) is 0 Å². The molecule has 0 saturated carbocycles. The van der Waals surface area contributed by atoms with E-state index in [1.54, 1.807) is 25.4 Å². The smallest absolute Gasteiger partial charge is 0.239 e. The molecule has 0 spiro atoms. The summed E-state index contributed by atoms with van der Waals surface area (Å²) in [5, 5.41) is 5.15. The van der Waals surface area contributed by atoms with Gasteiger partial charge in [0.25, 0.3) is 0 Å². The maximum atomic E-state index is 13.1. The minimum absolute atomic E-state index is 0.00926. The van der Waals surface area contributed by atoms with Crippen LogP contribution in [0.1, 0.15) is 0 Å². The fraction of sp³-hybridized carbons (Fsp3) is 0.188. The molecule has 1 aromatic heterocycles. The largest absolute Gasteiger partial charge is 0.325 e. The average Bonchev–Trinajstić information content (AvgIpc) is 2.52. The first-order valence-electron chi connectivity index (χ1n) is 7.18. The van der Waals surface area contributed by atoms with Crippen LogP contribution in [0.4, 0.5) is 15.9 Å². The van der Waals surface area contributed by atoms with Crippen molar-refractivity contribution in [2.24, 2.45) is 0 Å². The van der Waals surface area contributed by atoms with E-state index in [1.165, 1.54) is 23.1 Å². The molecule has 2 amide bonds. The Morgan fingerprint density at radius 2 is 1.88 bits per heavy atom. The number of aromatic nitrogens is 1. The molecule has 0 radical (unpaired) electrons. The van der Waals surface area contributed by atoms with Gasteiger partial charge < -0.3 is 10.6 Å². The van der Waals surface area contributed by atoms with Crippen molar-refractivity contribution in [3.05, 3.63) is 51.8 Å². The first kappa shape index (κ1) is 19.3. The van der Waals surface area contributed by atoms with Gasteiger partial charge in [0.15, 0.2) is 0 Å². The Morgan fingerprint density at radius 3 is 2.48 bits per heavy atom. The third-order valence-electron chi connectivity index (χ3n) is 3.03. The molecule has 2 rings (SSSR count). The number of carbonyl (C=O) groups is 2. The molecule has 0 saturated heterocycles. The van der Waals surface area contributed by atoms with E-state index in [9.17, 15) is 14.0 Å². The highest BCUT2D eigenvalue weighted by Crippen LogP contribution is 2.19. The van der Waals surface area contributed by atoms with E-state index in [2.05, 4.69) is 31.5 Å². The zero-order valence-corrected chi connectivity index (χ0v) is 15.6. The summed E-state index contributed by atoms with van der Waals surface area (Å²) in [6.45, 7) is -0.00841. The minimum atomic E-state index is -0.560. The molecule has 2 N–H and O–H groups in total. The molecule has 132 valence electrons. The van der Waals surface area contributed by atoms with Gasteiger partial charge in [0.05, 0.1) is 18.1 Å². The predicted octanol–water partition coefficient (Wildman–Crippen LogP) is 3.15. The number of anilines is 2. The summed E-state index contributed by atoms with van der Waals surface area (Å²) in [5.74, 6) is -0.781. The van der Waals surface area contributed by atoms with Gasteiger partial charge in [-0.3, -0.25) is 14.5 Å². The maximum Gasteiger partial charge on any atom is 0.239 e. The highest BCUT2D eigenvalue weighted by Gasteiger charge is 2.12. The van der Waals surface area contributed by atoms with Gasteiger partial charge in [-0.25, -0.2) is 9.37 Å². The van der Waals surface area contributed by atoms with Gasteiger partial charge in [0.2, 0.25) is 11.8 Å². The lowest BCUT2D eigenvalue weighted by atomic mass is 10.3. The van der Waals surface area contributed by atoms with E-state index in [0.717, 1.165) is 4.47 Å². The molecular formula is C16H15BrClFN4O2. The second kappa shape index (κ2) is 8.89. The number of hydrogen-bond donors (Lipinski definition) is 2. The van der Waals surface area contributed by atoms with Crippen molar-refractivity contribution in [1.29, 1.82) is 0 Å². The number of carbonyl (C=O) groups excluding carboxylic acids is 2. The summed E-state index contributed by atoms with van der Waals surface area (Å²) in [4.78, 5) is 29.5. The van der Waals surface area contributed by atoms with Crippen LogP contribution in [0, 0.1) is 5.82 Å². The zero-order valence-electron chi connectivity index (χ0n) is 13.2. The Bertz CT molecular complexity index is 773. The number of pyridine rings is 1. The Hall–Kier alpha value is -2.03. The fourth-order valence-corrected chi connectivity index (χ4v) is 2.37. The monoisotopic (exact) mass is 428 g/mol. The van der Waals surface area contributed by atoms with Crippen LogP contribution in [-0.4, -0.2) is 41.8 Å². The number of benzene rings is 1. The van der Waals surface area contributed by atoms with Crippen LogP contribution in [-0.2, 0) is 9.59 Å². The molecule has 0 aliphatic carbocycles. The lowest BCUT2D eigenvalue weighted by molar-refractivity contribution is -0.119. The highest BCUT2D eigenvalue weighted by atomic mass is 79.9. The maximum absolute atomic E-state index is 13.1. The quantitative estimate of drug-likeness (QED) is 0.740. The number of amides is 2. The molecule has 0 aliphatic heterocycles. The second-order valence-electron chi connectivity index (χ2n) is 5.26. The van der Waals surface area contributed by atoms with E-state index < -0.39 is 5.82 Å². The third kappa shape index (κ3) is 6.41. The predicted molar refractivity (Wildman–Crippen MR) is 98.1 cm³/mol. The van der Waals surface area contributed by atoms with Crippen LogP contribution < -0.4 is 10.6 Å². The molecule has 0 atom stereocenters. The summed E-state index contributed by atoms with van der Waals surface area (Å²) >= 11 is 8.92. The normalized spacial score (nSPS) is 10.6. The third-order valence-corrected chi connectivity index (χ3v) is 3.78. The summed E-state index contributed by atoms with van der Waals surface area (Å²) in [6, 6.07) is 7.31. The van der Waals surface area contributed by atoms with Crippen LogP contribution >= 0.6 is 27.5 Å². The number of rotatable bonds is 6. The molecule has 25 heavy (non-hydrogen) atoms. The lowest BCUT2D eigenvalue weighted by Crippen LogP contribution is -2.36. The van der Waals surface area contributed by atoms with Gasteiger partial charge in [0, 0.05) is 16.4 Å². The van der Waals surface area contributed by atoms with Gasteiger partial charge in [-0.2, -0.15) is 0 Å². The van der Waals surface area contributed by atoms with Crippen molar-refractivity contribution in [2.75, 3.05) is 30.8 Å². The zero-order chi connectivity index (χ0) is 18.4. The van der Waals surface area contributed by atoms with Gasteiger partial charge in [-0.15, -0.1) is 0 Å².